The van der Waals surface area contributed by atoms with Crippen molar-refractivity contribution < 1.29 is 19.2 Å². The average molecular weight is 461 g/mol. The highest BCUT2D eigenvalue weighted by Crippen LogP contribution is 2.31. The first kappa shape index (κ1) is 22.5. The van der Waals surface area contributed by atoms with Crippen LogP contribution in [0.5, 0.6) is 11.5 Å². The molecule has 0 saturated heterocycles. The van der Waals surface area contributed by atoms with Crippen molar-refractivity contribution in [3.8, 4) is 11.5 Å². The lowest BCUT2D eigenvalue weighted by Gasteiger charge is -2.12. The van der Waals surface area contributed by atoms with Crippen LogP contribution in [0.3, 0.4) is 0 Å². The summed E-state index contributed by atoms with van der Waals surface area (Å²) in [5.41, 5.74) is 1.26. The van der Waals surface area contributed by atoms with Crippen LogP contribution in [0.2, 0.25) is 0 Å². The normalized spacial score (nSPS) is 10.5. The van der Waals surface area contributed by atoms with Gasteiger partial charge in [-0.2, -0.15) is 0 Å². The van der Waals surface area contributed by atoms with Crippen molar-refractivity contribution in [2.45, 2.75) is 23.9 Å². The van der Waals surface area contributed by atoms with Gasteiger partial charge in [0.25, 0.3) is 11.6 Å². The van der Waals surface area contributed by atoms with E-state index in [4.69, 9.17) is 9.47 Å². The molecule has 0 spiro atoms. The molecule has 3 rings (SSSR count). The van der Waals surface area contributed by atoms with E-state index in [1.165, 1.54) is 35.2 Å². The summed E-state index contributed by atoms with van der Waals surface area (Å²) < 4.78 is 11.7. The van der Waals surface area contributed by atoms with Crippen molar-refractivity contribution in [3.05, 3.63) is 63.7 Å². The number of hydrogen-bond donors (Lipinski definition) is 1. The van der Waals surface area contributed by atoms with Gasteiger partial charge >= 0.3 is 0 Å². The van der Waals surface area contributed by atoms with Gasteiger partial charge in [-0.05, 0) is 37.6 Å². The molecule has 31 heavy (non-hydrogen) atoms. The second-order valence-electron chi connectivity index (χ2n) is 6.07. The van der Waals surface area contributed by atoms with E-state index in [-0.39, 0.29) is 11.6 Å². The lowest BCUT2D eigenvalue weighted by atomic mass is 10.2. The SMILES string of the molecule is CCOc1ccc(C(=O)Nc2nnc(SCc3cccc([N+](=O)[O-])c3)s2)cc1OCC. The number of amides is 1. The zero-order chi connectivity index (χ0) is 22.2. The highest BCUT2D eigenvalue weighted by Gasteiger charge is 2.14. The van der Waals surface area contributed by atoms with Crippen LogP contribution in [0, 0.1) is 10.1 Å². The maximum absolute atomic E-state index is 12.6. The Morgan fingerprint density at radius 3 is 2.65 bits per heavy atom. The third kappa shape index (κ3) is 6.15. The predicted molar refractivity (Wildman–Crippen MR) is 119 cm³/mol. The Hall–Kier alpha value is -3.18. The zero-order valence-corrected chi connectivity index (χ0v) is 18.5. The molecule has 0 unspecified atom stereocenters. The minimum atomic E-state index is -0.426. The molecule has 0 bridgehead atoms. The molecule has 2 aromatic carbocycles. The quantitative estimate of drug-likeness (QED) is 0.199. The number of benzene rings is 2. The topological polar surface area (TPSA) is 116 Å². The largest absolute Gasteiger partial charge is 0.490 e. The number of hydrogen-bond acceptors (Lipinski definition) is 9. The first-order valence-electron chi connectivity index (χ1n) is 9.40. The van der Waals surface area contributed by atoms with Gasteiger partial charge in [-0.3, -0.25) is 20.2 Å². The molecule has 1 amide bonds. The molecule has 3 aromatic rings. The number of aromatic nitrogens is 2. The van der Waals surface area contributed by atoms with Crippen LogP contribution in [0.15, 0.2) is 46.8 Å². The summed E-state index contributed by atoms with van der Waals surface area (Å²) in [7, 11) is 0. The molecular formula is C20H20N4O5S2. The fourth-order valence-corrected chi connectivity index (χ4v) is 4.28. The van der Waals surface area contributed by atoms with Gasteiger partial charge in [-0.1, -0.05) is 35.2 Å². The summed E-state index contributed by atoms with van der Waals surface area (Å²) in [6.45, 7) is 4.68. The van der Waals surface area contributed by atoms with Crippen LogP contribution in [-0.2, 0) is 5.75 Å². The average Bonchev–Trinajstić information content (AvgIpc) is 3.21. The van der Waals surface area contributed by atoms with Crippen LogP contribution < -0.4 is 14.8 Å². The number of rotatable bonds is 10. The first-order valence-corrected chi connectivity index (χ1v) is 11.2. The van der Waals surface area contributed by atoms with E-state index in [1.807, 2.05) is 19.9 Å². The third-order valence-corrected chi connectivity index (χ3v) is 5.96. The van der Waals surface area contributed by atoms with Crippen LogP contribution in [-0.4, -0.2) is 34.2 Å². The smallest absolute Gasteiger partial charge is 0.269 e. The van der Waals surface area contributed by atoms with Gasteiger partial charge in [0, 0.05) is 23.4 Å². The number of anilines is 1. The van der Waals surface area contributed by atoms with Crippen LogP contribution in [0.1, 0.15) is 29.8 Å². The summed E-state index contributed by atoms with van der Waals surface area (Å²) in [5.74, 6) is 1.25. The standard InChI is InChI=1S/C20H20N4O5S2/c1-3-28-16-9-8-14(11-17(16)29-4-2)18(25)21-19-22-23-20(31-19)30-12-13-6-5-7-15(10-13)24(26)27/h5-11H,3-4,12H2,1-2H3,(H,21,22,25). The molecule has 0 saturated carbocycles. The molecule has 162 valence electrons. The van der Waals surface area contributed by atoms with Gasteiger partial charge in [0.2, 0.25) is 5.13 Å². The number of non-ortho nitro benzene ring substituents is 1. The number of nitro benzene ring substituents is 1. The van der Waals surface area contributed by atoms with Gasteiger partial charge in [0.05, 0.1) is 18.1 Å². The lowest BCUT2D eigenvalue weighted by Crippen LogP contribution is -2.12. The molecule has 1 heterocycles. The molecule has 1 N–H and O–H groups in total. The Bertz CT molecular complexity index is 1070. The number of nitro groups is 1. The second kappa shape index (κ2) is 10.7. The fourth-order valence-electron chi connectivity index (χ4n) is 2.59. The first-order chi connectivity index (χ1) is 15.0. The minimum Gasteiger partial charge on any atom is -0.490 e. The summed E-state index contributed by atoms with van der Waals surface area (Å²) in [5, 5.41) is 22.0. The fraction of sp³-hybridized carbons (Fsp3) is 0.250. The maximum Gasteiger partial charge on any atom is 0.269 e. The van der Waals surface area contributed by atoms with Crippen molar-refractivity contribution in [2.24, 2.45) is 0 Å². The molecular weight excluding hydrogens is 440 g/mol. The monoisotopic (exact) mass is 460 g/mol. The number of nitrogens with zero attached hydrogens (tertiary/aromatic N) is 3. The number of ether oxygens (including phenoxy) is 2. The second-order valence-corrected chi connectivity index (χ2v) is 8.27. The molecule has 0 aliphatic carbocycles. The van der Waals surface area contributed by atoms with Crippen LogP contribution >= 0.6 is 23.1 Å². The number of thioether (sulfide) groups is 1. The van der Waals surface area contributed by atoms with E-state index >= 15 is 0 Å². The Labute approximate surface area is 186 Å². The van der Waals surface area contributed by atoms with Crippen molar-refractivity contribution in [1.29, 1.82) is 0 Å². The molecule has 0 aliphatic rings. The number of nitrogens with one attached hydrogen (secondary N) is 1. The summed E-state index contributed by atoms with van der Waals surface area (Å²) in [4.78, 5) is 23.0. The highest BCUT2D eigenvalue weighted by molar-refractivity contribution is 8.00. The van der Waals surface area contributed by atoms with Gasteiger partial charge in [-0.25, -0.2) is 0 Å². The Kier molecular flexibility index (Phi) is 7.79. The van der Waals surface area contributed by atoms with E-state index in [0.717, 1.165) is 5.56 Å². The Balaban J connectivity index is 1.62. The van der Waals surface area contributed by atoms with Crippen LogP contribution in [0.25, 0.3) is 0 Å². The maximum atomic E-state index is 12.6. The molecule has 9 nitrogen and oxygen atoms in total. The van der Waals surface area contributed by atoms with Gasteiger partial charge in [-0.15, -0.1) is 10.2 Å². The third-order valence-electron chi connectivity index (χ3n) is 3.92. The molecule has 0 fully saturated rings. The van der Waals surface area contributed by atoms with Gasteiger partial charge < -0.3 is 9.47 Å². The minimum absolute atomic E-state index is 0.0464. The molecule has 0 aliphatic heterocycles. The number of carbonyl (C=O) groups excluding carboxylic acids is 1. The molecule has 0 radical (unpaired) electrons. The van der Waals surface area contributed by atoms with E-state index in [2.05, 4.69) is 15.5 Å². The molecule has 11 heteroatoms. The lowest BCUT2D eigenvalue weighted by molar-refractivity contribution is -0.384. The highest BCUT2D eigenvalue weighted by atomic mass is 32.2. The van der Waals surface area contributed by atoms with Crippen molar-refractivity contribution in [3.63, 3.8) is 0 Å². The van der Waals surface area contributed by atoms with E-state index < -0.39 is 4.92 Å². The van der Waals surface area contributed by atoms with Gasteiger partial charge in [0.15, 0.2) is 15.8 Å². The van der Waals surface area contributed by atoms with Crippen molar-refractivity contribution in [1.82, 2.24) is 10.2 Å². The van der Waals surface area contributed by atoms with Crippen molar-refractivity contribution >= 4 is 39.8 Å². The predicted octanol–water partition coefficient (Wildman–Crippen LogP) is 4.79. The van der Waals surface area contributed by atoms with Crippen molar-refractivity contribution in [2.75, 3.05) is 18.5 Å². The van der Waals surface area contributed by atoms with E-state index in [9.17, 15) is 14.9 Å². The van der Waals surface area contributed by atoms with E-state index in [1.54, 1.807) is 24.3 Å². The number of carbonyl (C=O) groups is 1. The Morgan fingerprint density at radius 2 is 1.90 bits per heavy atom. The Morgan fingerprint density at radius 1 is 1.13 bits per heavy atom. The van der Waals surface area contributed by atoms with Gasteiger partial charge in [0.1, 0.15) is 0 Å². The summed E-state index contributed by atoms with van der Waals surface area (Å²) in [6, 6.07) is 11.4. The van der Waals surface area contributed by atoms with E-state index in [0.29, 0.717) is 45.5 Å². The van der Waals surface area contributed by atoms with Crippen LogP contribution in [0.4, 0.5) is 10.8 Å². The zero-order valence-electron chi connectivity index (χ0n) is 16.9. The molecule has 1 aromatic heterocycles. The summed E-state index contributed by atoms with van der Waals surface area (Å²) >= 11 is 2.62. The molecule has 0 atom stereocenters. The summed E-state index contributed by atoms with van der Waals surface area (Å²) in [6.07, 6.45) is 0.